The van der Waals surface area contributed by atoms with Crippen LogP contribution < -0.4 is 10.6 Å². The molecule has 0 saturated heterocycles. The van der Waals surface area contributed by atoms with Crippen molar-refractivity contribution in [1.29, 1.82) is 0 Å². The molecule has 2 aliphatic rings. The molecule has 6 aromatic rings. The normalized spacial score (nSPS) is 14.5. The number of carbonyl (C=O) groups is 2. The van der Waals surface area contributed by atoms with Crippen molar-refractivity contribution >= 4 is 42.2 Å². The Balaban J connectivity index is 0.000000197. The summed E-state index contributed by atoms with van der Waals surface area (Å²) in [5.41, 5.74) is 0.660. The molecule has 0 spiro atoms. The van der Waals surface area contributed by atoms with Gasteiger partial charge in [-0.15, -0.1) is 0 Å². The van der Waals surface area contributed by atoms with Gasteiger partial charge in [0.05, 0.1) is 23.5 Å². The van der Waals surface area contributed by atoms with E-state index in [0.717, 1.165) is 6.04 Å². The Hall–Kier alpha value is -5.64. The number of fused-ring (bicyclic) bond motifs is 4. The molecule has 0 saturated carbocycles. The molecule has 344 valence electrons. The van der Waals surface area contributed by atoms with E-state index in [-0.39, 0.29) is 58.0 Å². The first kappa shape index (κ1) is 46.4. The summed E-state index contributed by atoms with van der Waals surface area (Å²) < 4.78 is 90.8. The standard InChI is InChI=1S/C24H33F3N6O2Si.C18H19F3N6O/c1-23(2,3)30-22(34)16-13-32(14-35-10-11-36(4,5)6)21-19(16)29-18(12-28-21)33-17-9-7-8-15(17)20(31-33)24(25,26)27;1-17(2,3)25-16(28)10-7-22-15-13(10)24-12(8-23-15)27-11-6-4-5-9(11)14(26-27)18(19,20)21/h12-13H,7-11,14H2,1-6H3,(H,30,34);7-8H,4-6H2,1-3H3,(H,22,23)(H,25,28). The molecule has 0 aliphatic heterocycles. The van der Waals surface area contributed by atoms with Crippen LogP contribution in [0.3, 0.4) is 0 Å². The van der Waals surface area contributed by atoms with Crippen molar-refractivity contribution in [3.63, 3.8) is 0 Å². The lowest BCUT2D eigenvalue weighted by Crippen LogP contribution is -2.40. The Labute approximate surface area is 365 Å². The summed E-state index contributed by atoms with van der Waals surface area (Å²) in [5, 5.41) is 13.4. The molecule has 0 unspecified atom stereocenters. The number of nitrogens with zero attached hydrogens (tertiary/aromatic N) is 9. The van der Waals surface area contributed by atoms with Gasteiger partial charge in [0, 0.05) is 60.7 Å². The van der Waals surface area contributed by atoms with Crippen LogP contribution in [0.5, 0.6) is 0 Å². The van der Waals surface area contributed by atoms with E-state index in [1.54, 1.807) is 10.8 Å². The molecule has 6 heterocycles. The predicted octanol–water partition coefficient (Wildman–Crippen LogP) is 8.14. The van der Waals surface area contributed by atoms with Gasteiger partial charge in [0.25, 0.3) is 11.8 Å². The van der Waals surface area contributed by atoms with Crippen LogP contribution in [0.2, 0.25) is 25.7 Å². The SMILES string of the molecule is CC(C)(C)NC(=O)c1c[nH]c2ncc(-n3nc(C(F)(F)F)c4c3CCC4)nc12.CC(C)(C)NC(=O)c1cn(COCC[Si](C)(C)C)c2ncc(-n3nc(C(F)(F)F)c4c3CCC4)nc12. The number of nitrogens with one attached hydrogen (secondary N) is 3. The molecule has 64 heavy (non-hydrogen) atoms. The summed E-state index contributed by atoms with van der Waals surface area (Å²) in [7, 11) is -1.27. The Kier molecular flexibility index (Phi) is 12.1. The molecule has 2 amide bonds. The van der Waals surface area contributed by atoms with Gasteiger partial charge in [-0.05, 0) is 86.1 Å². The van der Waals surface area contributed by atoms with Crippen molar-refractivity contribution in [3.8, 4) is 11.6 Å². The fourth-order valence-electron chi connectivity index (χ4n) is 7.63. The molecular weight excluding hydrogens is 863 g/mol. The zero-order chi connectivity index (χ0) is 46.7. The van der Waals surface area contributed by atoms with E-state index >= 15 is 0 Å². The monoisotopic (exact) mass is 914 g/mol. The van der Waals surface area contributed by atoms with Crippen LogP contribution in [0, 0.1) is 0 Å². The van der Waals surface area contributed by atoms with Gasteiger partial charge < -0.3 is 24.9 Å². The Morgan fingerprint density at radius 3 is 1.73 bits per heavy atom. The van der Waals surface area contributed by atoms with Crippen molar-refractivity contribution in [1.82, 2.24) is 59.7 Å². The highest BCUT2D eigenvalue weighted by molar-refractivity contribution is 6.76. The fourth-order valence-corrected chi connectivity index (χ4v) is 8.39. The molecule has 0 fully saturated rings. The highest BCUT2D eigenvalue weighted by Gasteiger charge is 2.42. The lowest BCUT2D eigenvalue weighted by atomic mass is 10.1. The first-order valence-electron chi connectivity index (χ1n) is 21.0. The topological polar surface area (TPSA) is 175 Å². The minimum absolute atomic E-state index is 0.151. The number of hydrogen-bond donors (Lipinski definition) is 3. The second-order valence-electron chi connectivity index (χ2n) is 19.4. The molecule has 22 heteroatoms. The smallest absolute Gasteiger partial charge is 0.361 e. The van der Waals surface area contributed by atoms with Gasteiger partial charge in [0.2, 0.25) is 0 Å². The maximum absolute atomic E-state index is 13.6. The van der Waals surface area contributed by atoms with E-state index in [2.05, 4.69) is 65.4 Å². The van der Waals surface area contributed by atoms with Gasteiger partial charge in [0.15, 0.2) is 34.3 Å². The van der Waals surface area contributed by atoms with Gasteiger partial charge in [-0.1, -0.05) is 19.6 Å². The van der Waals surface area contributed by atoms with Crippen molar-refractivity contribution in [3.05, 3.63) is 69.8 Å². The highest BCUT2D eigenvalue weighted by Crippen LogP contribution is 2.39. The molecule has 0 aromatic carbocycles. The third-order valence-corrected chi connectivity index (χ3v) is 12.1. The first-order valence-corrected chi connectivity index (χ1v) is 24.7. The quantitative estimate of drug-likeness (QED) is 0.0735. The van der Waals surface area contributed by atoms with Gasteiger partial charge in [-0.25, -0.2) is 29.3 Å². The van der Waals surface area contributed by atoms with Crippen molar-refractivity contribution < 1.29 is 40.7 Å². The third kappa shape index (κ3) is 10.0. The van der Waals surface area contributed by atoms with Crippen LogP contribution in [0.4, 0.5) is 26.3 Å². The molecule has 15 nitrogen and oxygen atoms in total. The lowest BCUT2D eigenvalue weighted by molar-refractivity contribution is -0.142. The molecular formula is C42H52F6N12O3Si. The maximum Gasteiger partial charge on any atom is 0.435 e. The predicted molar refractivity (Wildman–Crippen MR) is 228 cm³/mol. The van der Waals surface area contributed by atoms with Gasteiger partial charge >= 0.3 is 12.4 Å². The van der Waals surface area contributed by atoms with E-state index in [1.165, 1.54) is 28.0 Å². The van der Waals surface area contributed by atoms with Crippen LogP contribution in [0.25, 0.3) is 34.0 Å². The summed E-state index contributed by atoms with van der Waals surface area (Å²) in [4.78, 5) is 46.2. The maximum atomic E-state index is 13.6. The molecule has 0 atom stereocenters. The summed E-state index contributed by atoms with van der Waals surface area (Å²) in [6, 6.07) is 0.991. The summed E-state index contributed by atoms with van der Waals surface area (Å²) in [6.07, 6.45) is -0.311. The number of H-pyrrole nitrogens is 1. The second-order valence-corrected chi connectivity index (χ2v) is 25.0. The minimum atomic E-state index is -4.55. The number of hydrogen-bond acceptors (Lipinski definition) is 9. The Morgan fingerprint density at radius 2 is 1.23 bits per heavy atom. The van der Waals surface area contributed by atoms with Crippen LogP contribution in [0.15, 0.2) is 24.8 Å². The van der Waals surface area contributed by atoms with Gasteiger partial charge in [-0.3, -0.25) is 9.59 Å². The van der Waals surface area contributed by atoms with Crippen LogP contribution >= 0.6 is 0 Å². The fraction of sp³-hybridized carbons (Fsp3) is 0.524. The molecule has 8 rings (SSSR count). The average molecular weight is 915 g/mol. The lowest BCUT2D eigenvalue weighted by Gasteiger charge is -2.20. The molecule has 0 bridgehead atoms. The van der Waals surface area contributed by atoms with Crippen LogP contribution in [-0.2, 0) is 49.5 Å². The van der Waals surface area contributed by atoms with E-state index in [4.69, 9.17) is 4.74 Å². The number of rotatable bonds is 9. The third-order valence-electron chi connectivity index (χ3n) is 10.4. The zero-order valence-electron chi connectivity index (χ0n) is 37.2. The van der Waals surface area contributed by atoms with E-state index in [1.807, 2.05) is 41.5 Å². The molecule has 0 radical (unpaired) electrons. The number of ether oxygens (including phenoxy) is 1. The number of carbonyl (C=O) groups excluding carboxylic acids is 2. The molecule has 6 aromatic heterocycles. The number of aromatic amines is 1. The van der Waals surface area contributed by atoms with Crippen molar-refractivity contribution in [2.45, 2.75) is 136 Å². The number of alkyl halides is 6. The first-order chi connectivity index (χ1) is 29.7. The second kappa shape index (κ2) is 16.7. The number of amides is 2. The number of aromatic nitrogens is 10. The zero-order valence-corrected chi connectivity index (χ0v) is 38.2. The average Bonchev–Trinajstić information content (AvgIpc) is 4.00. The van der Waals surface area contributed by atoms with E-state index in [0.29, 0.717) is 73.3 Å². The van der Waals surface area contributed by atoms with Crippen LogP contribution in [-0.4, -0.2) is 86.6 Å². The molecule has 2 aliphatic carbocycles. The van der Waals surface area contributed by atoms with E-state index < -0.39 is 42.9 Å². The van der Waals surface area contributed by atoms with Gasteiger partial charge in [0.1, 0.15) is 17.8 Å². The number of halogens is 6. The summed E-state index contributed by atoms with van der Waals surface area (Å²) in [5.74, 6) is -0.378. The highest BCUT2D eigenvalue weighted by atomic mass is 28.3. The van der Waals surface area contributed by atoms with Crippen molar-refractivity contribution in [2.75, 3.05) is 6.61 Å². The van der Waals surface area contributed by atoms with Crippen LogP contribution in [0.1, 0.15) is 109 Å². The minimum Gasteiger partial charge on any atom is -0.361 e. The molecule has 3 N–H and O–H groups in total. The van der Waals surface area contributed by atoms with Crippen molar-refractivity contribution in [2.24, 2.45) is 0 Å². The summed E-state index contributed by atoms with van der Waals surface area (Å²) >= 11 is 0. The van der Waals surface area contributed by atoms with Gasteiger partial charge in [-0.2, -0.15) is 36.5 Å². The largest absolute Gasteiger partial charge is 0.435 e. The van der Waals surface area contributed by atoms with E-state index in [9.17, 15) is 35.9 Å². The Morgan fingerprint density at radius 1 is 0.734 bits per heavy atom. The Bertz CT molecular complexity index is 2730. The summed E-state index contributed by atoms with van der Waals surface area (Å²) in [6.45, 7) is 18.7.